The highest BCUT2D eigenvalue weighted by atomic mass is 16.5. The zero-order valence-electron chi connectivity index (χ0n) is 14.5. The molecule has 2 aromatic rings. The molecule has 0 N–H and O–H groups in total. The Morgan fingerprint density at radius 3 is 2.88 bits per heavy atom. The van der Waals surface area contributed by atoms with E-state index in [2.05, 4.69) is 15.1 Å². The van der Waals surface area contributed by atoms with Gasteiger partial charge in [0.05, 0.1) is 12.5 Å². The van der Waals surface area contributed by atoms with Gasteiger partial charge >= 0.3 is 0 Å². The van der Waals surface area contributed by atoms with Gasteiger partial charge in [0.15, 0.2) is 5.82 Å². The molecule has 0 radical (unpaired) electrons. The minimum Gasteiger partial charge on any atom is -0.384 e. The van der Waals surface area contributed by atoms with Crippen LogP contribution in [0.1, 0.15) is 52.6 Å². The number of aromatic nitrogens is 3. The van der Waals surface area contributed by atoms with Gasteiger partial charge in [-0.15, -0.1) is 0 Å². The Labute approximate surface area is 146 Å². The highest BCUT2D eigenvalue weighted by Gasteiger charge is 2.41. The molecule has 0 bridgehead atoms. The molecular formula is C18H22N4O3. The van der Waals surface area contributed by atoms with Crippen LogP contribution in [-0.4, -0.2) is 52.7 Å². The Balaban J connectivity index is 1.54. The van der Waals surface area contributed by atoms with Crippen LogP contribution in [0.4, 0.5) is 0 Å². The number of carbonyl (C=O) groups is 1. The summed E-state index contributed by atoms with van der Waals surface area (Å²) in [7, 11) is 1.67. The normalized spacial score (nSPS) is 23.2. The summed E-state index contributed by atoms with van der Waals surface area (Å²) >= 11 is 0. The zero-order valence-corrected chi connectivity index (χ0v) is 14.5. The first-order valence-corrected chi connectivity index (χ1v) is 8.71. The van der Waals surface area contributed by atoms with Crippen molar-refractivity contribution in [3.8, 4) is 0 Å². The fourth-order valence-corrected chi connectivity index (χ4v) is 3.43. The molecule has 1 aliphatic heterocycles. The molecule has 0 aromatic carbocycles. The molecule has 2 fully saturated rings. The number of hydrogen-bond donors (Lipinski definition) is 0. The molecule has 1 amide bonds. The van der Waals surface area contributed by atoms with Crippen molar-refractivity contribution in [1.29, 1.82) is 0 Å². The summed E-state index contributed by atoms with van der Waals surface area (Å²) in [5.74, 6) is 1.97. The molecule has 0 spiro atoms. The highest BCUT2D eigenvalue weighted by Crippen LogP contribution is 2.40. The molecule has 1 saturated carbocycles. The van der Waals surface area contributed by atoms with Crippen molar-refractivity contribution in [2.24, 2.45) is 5.92 Å². The third-order valence-corrected chi connectivity index (χ3v) is 4.93. The largest absolute Gasteiger partial charge is 0.384 e. The molecule has 2 atom stereocenters. The number of methoxy groups -OCH3 is 1. The van der Waals surface area contributed by atoms with E-state index in [1.165, 1.54) is 0 Å². The first kappa shape index (κ1) is 16.2. The monoisotopic (exact) mass is 342 g/mol. The second-order valence-corrected chi connectivity index (χ2v) is 6.96. The molecule has 2 aromatic heterocycles. The van der Waals surface area contributed by atoms with Crippen molar-refractivity contribution in [2.75, 3.05) is 26.8 Å². The van der Waals surface area contributed by atoms with Crippen molar-refractivity contribution in [2.45, 2.75) is 31.6 Å². The smallest absolute Gasteiger partial charge is 0.272 e. The van der Waals surface area contributed by atoms with E-state index in [1.54, 1.807) is 13.2 Å². The second-order valence-electron chi connectivity index (χ2n) is 6.96. The van der Waals surface area contributed by atoms with Gasteiger partial charge in [-0.2, -0.15) is 4.98 Å². The Hall–Kier alpha value is -2.28. The lowest BCUT2D eigenvalue weighted by Crippen LogP contribution is -2.30. The predicted octanol–water partition coefficient (Wildman–Crippen LogP) is 2.15. The Bertz CT molecular complexity index is 771. The van der Waals surface area contributed by atoms with Crippen LogP contribution < -0.4 is 0 Å². The number of likely N-dealkylation sites (tertiary alicyclic amines) is 1. The Morgan fingerprint density at radius 1 is 1.32 bits per heavy atom. The Morgan fingerprint density at radius 2 is 2.16 bits per heavy atom. The summed E-state index contributed by atoms with van der Waals surface area (Å²) in [6, 6.07) is 5.50. The van der Waals surface area contributed by atoms with Gasteiger partial charge in [0.2, 0.25) is 5.89 Å². The van der Waals surface area contributed by atoms with Gasteiger partial charge in [0, 0.05) is 37.7 Å². The predicted molar refractivity (Wildman–Crippen MR) is 89.3 cm³/mol. The number of ether oxygens (including phenoxy) is 1. The molecule has 25 heavy (non-hydrogen) atoms. The summed E-state index contributed by atoms with van der Waals surface area (Å²) < 4.78 is 10.9. The average molecular weight is 342 g/mol. The van der Waals surface area contributed by atoms with Crippen LogP contribution in [0, 0.1) is 12.8 Å². The van der Waals surface area contributed by atoms with Crippen LogP contribution in [-0.2, 0) is 4.74 Å². The molecular weight excluding hydrogens is 320 g/mol. The molecule has 7 nitrogen and oxygen atoms in total. The lowest BCUT2D eigenvalue weighted by atomic mass is 9.97. The third-order valence-electron chi connectivity index (χ3n) is 4.93. The topological polar surface area (TPSA) is 81.4 Å². The van der Waals surface area contributed by atoms with Crippen molar-refractivity contribution < 1.29 is 14.1 Å². The van der Waals surface area contributed by atoms with Gasteiger partial charge in [-0.1, -0.05) is 11.2 Å². The SMILES string of the molecule is COC[C@@H]1CN(C(=O)c2cccc(C)n2)C[C@H]1c1nc(C2CC2)no1. The zero-order chi connectivity index (χ0) is 17.4. The standard InChI is InChI=1S/C18H22N4O3/c1-11-4-3-5-15(19-11)18(23)22-8-13(10-24-2)14(9-22)17-20-16(21-25-17)12-6-7-12/h3-5,12-14H,6-10H2,1-2H3/t13-,14+/m0/s1. The van der Waals surface area contributed by atoms with Crippen LogP contribution in [0.5, 0.6) is 0 Å². The van der Waals surface area contributed by atoms with Crippen molar-refractivity contribution in [3.63, 3.8) is 0 Å². The first-order valence-electron chi connectivity index (χ1n) is 8.71. The third kappa shape index (κ3) is 3.28. The van der Waals surface area contributed by atoms with Crippen LogP contribution in [0.3, 0.4) is 0 Å². The highest BCUT2D eigenvalue weighted by molar-refractivity contribution is 5.92. The molecule has 2 aliphatic rings. The lowest BCUT2D eigenvalue weighted by Gasteiger charge is -2.15. The molecule has 3 heterocycles. The number of pyridine rings is 1. The van der Waals surface area contributed by atoms with E-state index in [9.17, 15) is 4.79 Å². The van der Waals surface area contributed by atoms with E-state index >= 15 is 0 Å². The van der Waals surface area contributed by atoms with Gasteiger partial charge in [0.25, 0.3) is 5.91 Å². The average Bonchev–Trinajstić information content (AvgIpc) is 3.19. The first-order chi connectivity index (χ1) is 12.2. The molecule has 1 aliphatic carbocycles. The van der Waals surface area contributed by atoms with Crippen LogP contribution in [0.25, 0.3) is 0 Å². The van der Waals surface area contributed by atoms with E-state index in [1.807, 2.05) is 24.0 Å². The number of hydrogen-bond acceptors (Lipinski definition) is 6. The maximum atomic E-state index is 12.8. The fraction of sp³-hybridized carbons (Fsp3) is 0.556. The van der Waals surface area contributed by atoms with E-state index in [-0.39, 0.29) is 17.7 Å². The van der Waals surface area contributed by atoms with E-state index < -0.39 is 0 Å². The quantitative estimate of drug-likeness (QED) is 0.828. The van der Waals surface area contributed by atoms with Gasteiger partial charge in [-0.25, -0.2) is 4.98 Å². The van der Waals surface area contributed by atoms with Crippen LogP contribution >= 0.6 is 0 Å². The maximum absolute atomic E-state index is 12.8. The van der Waals surface area contributed by atoms with Crippen LogP contribution in [0.2, 0.25) is 0 Å². The van der Waals surface area contributed by atoms with Gasteiger partial charge in [0.1, 0.15) is 5.69 Å². The molecule has 7 heteroatoms. The fourth-order valence-electron chi connectivity index (χ4n) is 3.43. The van der Waals surface area contributed by atoms with Gasteiger partial charge in [-0.05, 0) is 31.9 Å². The minimum atomic E-state index is -0.0609. The molecule has 0 unspecified atom stereocenters. The van der Waals surface area contributed by atoms with Crippen molar-refractivity contribution >= 4 is 5.91 Å². The molecule has 1 saturated heterocycles. The number of aryl methyl sites for hydroxylation is 1. The van der Waals surface area contributed by atoms with Crippen LogP contribution in [0.15, 0.2) is 22.7 Å². The van der Waals surface area contributed by atoms with Gasteiger partial charge < -0.3 is 14.2 Å². The van der Waals surface area contributed by atoms with Gasteiger partial charge in [-0.3, -0.25) is 4.79 Å². The maximum Gasteiger partial charge on any atom is 0.272 e. The summed E-state index contributed by atoms with van der Waals surface area (Å²) in [5, 5.41) is 4.11. The summed E-state index contributed by atoms with van der Waals surface area (Å²) in [6.45, 7) is 3.59. The Kier molecular flexibility index (Phi) is 4.25. The minimum absolute atomic E-state index is 0.00806. The van der Waals surface area contributed by atoms with E-state index in [0.29, 0.717) is 37.2 Å². The number of carbonyl (C=O) groups excluding carboxylic acids is 1. The number of rotatable bonds is 5. The summed E-state index contributed by atoms with van der Waals surface area (Å²) in [4.78, 5) is 23.6. The van der Waals surface area contributed by atoms with E-state index in [0.717, 1.165) is 24.4 Å². The van der Waals surface area contributed by atoms with E-state index in [4.69, 9.17) is 9.26 Å². The lowest BCUT2D eigenvalue weighted by molar-refractivity contribution is 0.0769. The number of amides is 1. The molecule has 4 rings (SSSR count). The van der Waals surface area contributed by atoms with Crippen molar-refractivity contribution in [1.82, 2.24) is 20.0 Å². The van der Waals surface area contributed by atoms with Crippen molar-refractivity contribution in [3.05, 3.63) is 41.3 Å². The summed E-state index contributed by atoms with van der Waals surface area (Å²) in [6.07, 6.45) is 2.27. The number of nitrogens with zero attached hydrogens (tertiary/aromatic N) is 4. The second kappa shape index (κ2) is 6.55. The summed E-state index contributed by atoms with van der Waals surface area (Å²) in [5.41, 5.74) is 1.31. The molecule has 132 valence electrons.